The predicted octanol–water partition coefficient (Wildman–Crippen LogP) is 19.6. The number of nitrogens with zero attached hydrogens (tertiary/aromatic N) is 4. The minimum atomic E-state index is -0.118. The Morgan fingerprint density at radius 2 is 1.04 bits per heavy atom. The van der Waals surface area contributed by atoms with Gasteiger partial charge in [-0.3, -0.25) is 4.57 Å². The fourth-order valence-electron chi connectivity index (χ4n) is 12.3. The highest BCUT2D eigenvalue weighted by Gasteiger charge is 2.35. The zero-order valence-corrected chi connectivity index (χ0v) is 46.3. The SMILES string of the molecule is CC(C)(C)c1ccnc(-n2c3cc(Oc4cc(C5c6ccccc6-c6ccccc65)cc(N5CN(c6c(-c7ccccc7)cc(C(C)(C)C)cc6-c6ccccc6)c6ccccc65)c4)ccc3c3cccc(C(C)(C)C)c32)c1. The average molecular weight is 1020 g/mol. The van der Waals surface area contributed by atoms with Crippen molar-refractivity contribution in [2.24, 2.45) is 0 Å². The second-order valence-electron chi connectivity index (χ2n) is 24.5. The Kier molecular flexibility index (Phi) is 11.6. The molecule has 5 nitrogen and oxygen atoms in total. The van der Waals surface area contributed by atoms with Gasteiger partial charge in [-0.2, -0.15) is 0 Å². The van der Waals surface area contributed by atoms with Crippen LogP contribution in [0.4, 0.5) is 22.7 Å². The van der Waals surface area contributed by atoms with Crippen LogP contribution in [0.1, 0.15) is 102 Å². The van der Waals surface area contributed by atoms with Gasteiger partial charge in [-0.15, -0.1) is 0 Å². The zero-order valence-electron chi connectivity index (χ0n) is 46.3. The third-order valence-corrected chi connectivity index (χ3v) is 16.2. The van der Waals surface area contributed by atoms with Crippen molar-refractivity contribution in [3.63, 3.8) is 0 Å². The number of rotatable bonds is 8. The van der Waals surface area contributed by atoms with Crippen LogP contribution in [0.3, 0.4) is 0 Å². The van der Waals surface area contributed by atoms with E-state index >= 15 is 0 Å². The second kappa shape index (κ2) is 18.5. The van der Waals surface area contributed by atoms with Gasteiger partial charge in [0.1, 0.15) is 24.0 Å². The van der Waals surface area contributed by atoms with Crippen molar-refractivity contribution in [3.8, 4) is 50.7 Å². The van der Waals surface area contributed by atoms with Gasteiger partial charge >= 0.3 is 0 Å². The van der Waals surface area contributed by atoms with Gasteiger partial charge in [0.25, 0.3) is 0 Å². The number of aromatic nitrogens is 2. The maximum Gasteiger partial charge on any atom is 0.137 e. The molecule has 0 radical (unpaired) electrons. The molecule has 384 valence electrons. The van der Waals surface area contributed by atoms with E-state index in [0.717, 1.165) is 45.3 Å². The van der Waals surface area contributed by atoms with Gasteiger partial charge in [0, 0.05) is 51.8 Å². The Labute approximate surface area is 460 Å². The molecule has 0 saturated heterocycles. The molecule has 0 amide bonds. The second-order valence-corrected chi connectivity index (χ2v) is 24.5. The first-order valence-corrected chi connectivity index (χ1v) is 27.6. The smallest absolute Gasteiger partial charge is 0.137 e. The lowest BCUT2D eigenvalue weighted by Crippen LogP contribution is -2.25. The van der Waals surface area contributed by atoms with Crippen LogP contribution in [0.25, 0.3) is 61.0 Å². The van der Waals surface area contributed by atoms with E-state index in [-0.39, 0.29) is 22.2 Å². The van der Waals surface area contributed by atoms with Gasteiger partial charge < -0.3 is 14.5 Å². The van der Waals surface area contributed by atoms with Gasteiger partial charge in [0.05, 0.1) is 28.1 Å². The van der Waals surface area contributed by atoms with Gasteiger partial charge in [-0.1, -0.05) is 202 Å². The Morgan fingerprint density at radius 3 is 1.65 bits per heavy atom. The van der Waals surface area contributed by atoms with E-state index in [1.165, 1.54) is 83.4 Å². The Morgan fingerprint density at radius 1 is 0.449 bits per heavy atom. The maximum atomic E-state index is 7.35. The minimum absolute atomic E-state index is 0.00467. The summed E-state index contributed by atoms with van der Waals surface area (Å²) in [5.41, 5.74) is 21.4. The summed E-state index contributed by atoms with van der Waals surface area (Å²) >= 11 is 0. The highest BCUT2D eigenvalue weighted by atomic mass is 16.5. The van der Waals surface area contributed by atoms with Crippen molar-refractivity contribution < 1.29 is 4.74 Å². The van der Waals surface area contributed by atoms with Crippen molar-refractivity contribution >= 4 is 44.6 Å². The quantitative estimate of drug-likeness (QED) is 0.152. The van der Waals surface area contributed by atoms with Gasteiger partial charge in [-0.05, 0) is 133 Å². The van der Waals surface area contributed by atoms with E-state index < -0.39 is 0 Å². The highest BCUT2D eigenvalue weighted by Crippen LogP contribution is 2.54. The molecule has 3 heterocycles. The Hall–Kier alpha value is -8.67. The lowest BCUT2D eigenvalue weighted by Gasteiger charge is -2.30. The number of hydrogen-bond donors (Lipinski definition) is 0. The van der Waals surface area contributed by atoms with Crippen LogP contribution < -0.4 is 14.5 Å². The van der Waals surface area contributed by atoms with Crippen LogP contribution >= 0.6 is 0 Å². The fraction of sp³-hybridized carbons (Fsp3) is 0.192. The molecular formula is C73H66N4O. The van der Waals surface area contributed by atoms with Crippen molar-refractivity contribution in [1.29, 1.82) is 0 Å². The molecule has 2 aromatic heterocycles. The van der Waals surface area contributed by atoms with Crippen LogP contribution in [0.2, 0.25) is 0 Å². The molecular weight excluding hydrogens is 949 g/mol. The van der Waals surface area contributed by atoms with E-state index in [4.69, 9.17) is 9.72 Å². The first-order valence-electron chi connectivity index (χ1n) is 27.6. The molecule has 78 heavy (non-hydrogen) atoms. The molecule has 2 aliphatic rings. The summed E-state index contributed by atoms with van der Waals surface area (Å²) < 4.78 is 9.72. The summed E-state index contributed by atoms with van der Waals surface area (Å²) in [6.07, 6.45) is 1.96. The average Bonchev–Trinajstić information content (AvgIpc) is 4.33. The molecule has 13 rings (SSSR count). The first-order chi connectivity index (χ1) is 37.6. The molecule has 5 heteroatoms. The Balaban J connectivity index is 1.01. The molecule has 0 saturated carbocycles. The van der Waals surface area contributed by atoms with E-state index in [9.17, 15) is 0 Å². The standard InChI is InChI=1S/C73H66N4O/c1-71(2,3)50-37-38-74-67(43-50)77-66-45-53(35-36-57(66)60-31-22-32-63(70(60)77)73(7,8)9)78-54-40-49(68-58-29-18-16-27-55(58)56-28-17-19-30-59(56)68)39-52(44-54)75-46-76(65-34-21-20-33-64(65)75)69-61(47-23-12-10-13-24-47)41-51(72(4,5)6)42-62(69)48-25-14-11-15-26-48/h10-45,68H,46H2,1-9H3. The van der Waals surface area contributed by atoms with Gasteiger partial charge in [0.2, 0.25) is 0 Å². The van der Waals surface area contributed by atoms with E-state index in [1.54, 1.807) is 0 Å². The first kappa shape index (κ1) is 48.9. The molecule has 0 fully saturated rings. The zero-order chi connectivity index (χ0) is 53.7. The summed E-state index contributed by atoms with van der Waals surface area (Å²) in [5, 5.41) is 2.36. The highest BCUT2D eigenvalue weighted by molar-refractivity contribution is 6.11. The molecule has 0 spiro atoms. The predicted molar refractivity (Wildman–Crippen MR) is 327 cm³/mol. The lowest BCUT2D eigenvalue weighted by molar-refractivity contribution is 0.482. The minimum Gasteiger partial charge on any atom is -0.457 e. The largest absolute Gasteiger partial charge is 0.457 e. The molecule has 1 aliphatic carbocycles. The summed E-state index contributed by atoms with van der Waals surface area (Å²) in [6.45, 7) is 21.2. The summed E-state index contributed by atoms with van der Waals surface area (Å²) in [5.74, 6) is 2.42. The lowest BCUT2D eigenvalue weighted by atomic mass is 9.82. The van der Waals surface area contributed by atoms with Gasteiger partial charge in [-0.25, -0.2) is 4.98 Å². The topological polar surface area (TPSA) is 33.5 Å². The van der Waals surface area contributed by atoms with Crippen molar-refractivity contribution in [2.45, 2.75) is 84.5 Å². The third-order valence-electron chi connectivity index (χ3n) is 16.2. The van der Waals surface area contributed by atoms with E-state index in [2.05, 4.69) is 289 Å². The maximum absolute atomic E-state index is 7.35. The molecule has 1 aliphatic heterocycles. The number of benzene rings is 9. The fourth-order valence-corrected chi connectivity index (χ4v) is 12.3. The Bertz CT molecular complexity index is 4000. The van der Waals surface area contributed by atoms with Crippen molar-refractivity contribution in [1.82, 2.24) is 9.55 Å². The van der Waals surface area contributed by atoms with Crippen molar-refractivity contribution in [2.75, 3.05) is 16.5 Å². The van der Waals surface area contributed by atoms with Crippen LogP contribution in [0.5, 0.6) is 11.5 Å². The van der Waals surface area contributed by atoms with Crippen LogP contribution in [0, 0.1) is 0 Å². The monoisotopic (exact) mass is 1010 g/mol. The number of para-hydroxylation sites is 3. The number of anilines is 4. The summed E-state index contributed by atoms with van der Waals surface area (Å²) in [7, 11) is 0. The molecule has 0 unspecified atom stereocenters. The van der Waals surface area contributed by atoms with Crippen LogP contribution in [-0.2, 0) is 16.2 Å². The van der Waals surface area contributed by atoms with Crippen LogP contribution in [0.15, 0.2) is 219 Å². The molecule has 0 bridgehead atoms. The number of fused-ring (bicyclic) bond motifs is 7. The van der Waals surface area contributed by atoms with Crippen molar-refractivity contribution in [3.05, 3.63) is 252 Å². The van der Waals surface area contributed by atoms with E-state index in [0.29, 0.717) is 6.67 Å². The molecule has 0 N–H and O–H groups in total. The van der Waals surface area contributed by atoms with Crippen LogP contribution in [-0.4, -0.2) is 16.2 Å². The molecule has 0 atom stereocenters. The number of hydrogen-bond acceptors (Lipinski definition) is 4. The molecule has 9 aromatic carbocycles. The number of pyridine rings is 1. The number of ether oxygens (including phenoxy) is 1. The summed E-state index contributed by atoms with van der Waals surface area (Å²) in [4.78, 5) is 10.1. The molecule has 11 aromatic rings. The van der Waals surface area contributed by atoms with Gasteiger partial charge in [0.15, 0.2) is 0 Å². The normalized spacial score (nSPS) is 13.6. The third kappa shape index (κ3) is 8.44. The van der Waals surface area contributed by atoms with E-state index in [1.807, 2.05) is 6.20 Å². The summed E-state index contributed by atoms with van der Waals surface area (Å²) in [6, 6.07) is 78.2.